The van der Waals surface area contributed by atoms with E-state index in [0.29, 0.717) is 32.4 Å². The molecule has 0 aromatic heterocycles. The summed E-state index contributed by atoms with van der Waals surface area (Å²) in [5, 5.41) is 26.9. The number of anilines is 1. The van der Waals surface area contributed by atoms with Crippen LogP contribution in [0.5, 0.6) is 0 Å². The smallest absolute Gasteiger partial charge is 0.322 e. The number of ketones is 1. The van der Waals surface area contributed by atoms with Crippen molar-refractivity contribution in [2.24, 2.45) is 11.3 Å². The second kappa shape index (κ2) is 15.3. The molecular weight excluding hydrogens is 600 g/mol. The topological polar surface area (TPSA) is 99.1 Å². The number of ether oxygens (including phenoxy) is 1. The summed E-state index contributed by atoms with van der Waals surface area (Å²) < 4.78 is 6.00. The number of carbonyl (C=O) groups excluding carboxylic acids is 2. The number of nitrogens with zero attached hydrogens (tertiary/aromatic N) is 1. The summed E-state index contributed by atoms with van der Waals surface area (Å²) in [6.07, 6.45) is 13.6. The molecular formula is C41H56N2O5. The van der Waals surface area contributed by atoms with Crippen LogP contribution in [0.1, 0.15) is 125 Å². The van der Waals surface area contributed by atoms with Gasteiger partial charge in [-0.1, -0.05) is 68.2 Å². The third kappa shape index (κ3) is 7.74. The van der Waals surface area contributed by atoms with Crippen LogP contribution < -0.4 is 5.32 Å². The number of hydrogen-bond acceptors (Lipinski definition) is 5. The Labute approximate surface area is 287 Å². The van der Waals surface area contributed by atoms with Crippen LogP contribution in [0.25, 0.3) is 0 Å². The number of nitrogens with one attached hydrogen (secondary N) is 1. The van der Waals surface area contributed by atoms with E-state index in [1.807, 2.05) is 30.3 Å². The molecule has 7 heteroatoms. The Morgan fingerprint density at radius 1 is 0.979 bits per heavy atom. The van der Waals surface area contributed by atoms with Crippen molar-refractivity contribution in [3.05, 3.63) is 76.9 Å². The fourth-order valence-corrected chi connectivity index (χ4v) is 9.09. The van der Waals surface area contributed by atoms with Gasteiger partial charge in [-0.05, 0) is 113 Å². The first-order valence-corrected chi connectivity index (χ1v) is 18.6. The lowest BCUT2D eigenvalue weighted by atomic mass is 9.64. The largest absolute Gasteiger partial charge is 0.393 e. The number of aliphatic hydroxyl groups excluding tert-OH is 1. The fourth-order valence-electron chi connectivity index (χ4n) is 9.09. The van der Waals surface area contributed by atoms with Gasteiger partial charge in [-0.15, -0.1) is 0 Å². The van der Waals surface area contributed by atoms with Crippen LogP contribution >= 0.6 is 0 Å². The summed E-state index contributed by atoms with van der Waals surface area (Å²) in [6, 6.07) is 15.5. The number of allylic oxidation sites excluding steroid dienone is 2. The van der Waals surface area contributed by atoms with E-state index < -0.39 is 17.1 Å². The van der Waals surface area contributed by atoms with Gasteiger partial charge in [0.25, 0.3) is 0 Å². The SMILES string of the molecule is CC1=CCC[C@@]2(C)[C@@H](CC[C@@]2(O)CN(C[C@H]2CCCO2)C(=O)Nc2ccccc2)c2ccc(cc2C(=O)C2CCCCC2)C[C@@H](O)CC1. The molecule has 7 nitrogen and oxygen atoms in total. The summed E-state index contributed by atoms with van der Waals surface area (Å²) in [6.45, 7) is 5.64. The van der Waals surface area contributed by atoms with Crippen molar-refractivity contribution in [1.29, 1.82) is 0 Å². The summed E-state index contributed by atoms with van der Waals surface area (Å²) in [5.74, 6) is 0.198. The Morgan fingerprint density at radius 2 is 1.77 bits per heavy atom. The Bertz CT molecular complexity index is 1450. The van der Waals surface area contributed by atoms with Gasteiger partial charge >= 0.3 is 6.03 Å². The molecule has 260 valence electrons. The first-order chi connectivity index (χ1) is 23.1. The number of amides is 2. The lowest BCUT2D eigenvalue weighted by Gasteiger charge is -2.46. The Kier molecular flexibility index (Phi) is 11.1. The molecule has 2 saturated carbocycles. The van der Waals surface area contributed by atoms with E-state index in [-0.39, 0.29) is 36.3 Å². The van der Waals surface area contributed by atoms with E-state index in [2.05, 4.69) is 43.4 Å². The van der Waals surface area contributed by atoms with E-state index in [4.69, 9.17) is 4.74 Å². The average molecular weight is 657 g/mol. The molecule has 48 heavy (non-hydrogen) atoms. The zero-order valence-electron chi connectivity index (χ0n) is 29.1. The average Bonchev–Trinajstić information content (AvgIpc) is 3.69. The number of hydrogen-bond donors (Lipinski definition) is 3. The first-order valence-electron chi connectivity index (χ1n) is 18.6. The predicted molar refractivity (Wildman–Crippen MR) is 190 cm³/mol. The number of para-hydroxylation sites is 1. The summed E-state index contributed by atoms with van der Waals surface area (Å²) in [5.41, 5.74) is 3.00. The lowest BCUT2D eigenvalue weighted by molar-refractivity contribution is -0.0800. The molecule has 3 fully saturated rings. The highest BCUT2D eigenvalue weighted by molar-refractivity contribution is 5.99. The second-order valence-corrected chi connectivity index (χ2v) is 15.5. The first kappa shape index (κ1) is 34.8. The van der Waals surface area contributed by atoms with Crippen molar-refractivity contribution >= 4 is 17.5 Å². The normalized spacial score (nSPS) is 29.9. The van der Waals surface area contributed by atoms with Crippen molar-refractivity contribution in [3.8, 4) is 0 Å². The quantitative estimate of drug-likeness (QED) is 0.206. The van der Waals surface area contributed by atoms with Crippen LogP contribution in [0.2, 0.25) is 0 Å². The highest BCUT2D eigenvalue weighted by Crippen LogP contribution is 2.59. The molecule has 4 aliphatic carbocycles. The number of aliphatic hydroxyl groups is 2. The molecule has 2 amide bonds. The molecule has 5 aliphatic rings. The van der Waals surface area contributed by atoms with Gasteiger partial charge in [0.05, 0.1) is 24.4 Å². The maximum atomic E-state index is 14.3. The Hall–Kier alpha value is -3.00. The molecule has 1 heterocycles. The van der Waals surface area contributed by atoms with Gasteiger partial charge in [0.2, 0.25) is 0 Å². The third-order valence-corrected chi connectivity index (χ3v) is 12.1. The lowest BCUT2D eigenvalue weighted by Crippen LogP contribution is -2.55. The standard InChI is InChI=1S/C41H56N2O5/c1-29-11-9-22-40(2)37(35-20-18-30(25-33(44)19-17-29)26-36(35)38(45)31-12-5-3-6-13-31)21-23-41(40,47)28-43(27-34-16-10-24-48-34)39(46)42-32-14-7-4-8-15-32/h4,7-8,11,14-15,18,20,26,31,33-34,37,44,47H,3,5-6,9-10,12-13,16-17,19,21-25,27-28H2,1-2H3,(H,42,46)/t33-,34+,37-,40-,41+/m0/s1. The van der Waals surface area contributed by atoms with E-state index in [1.54, 1.807) is 4.90 Å². The molecule has 7 rings (SSSR count). The molecule has 1 aliphatic heterocycles. The van der Waals surface area contributed by atoms with E-state index >= 15 is 0 Å². The number of carbonyl (C=O) groups is 2. The highest BCUT2D eigenvalue weighted by Gasteiger charge is 2.58. The minimum Gasteiger partial charge on any atom is -0.393 e. The van der Waals surface area contributed by atoms with E-state index in [1.165, 1.54) is 12.0 Å². The minimum absolute atomic E-state index is 0.0252. The molecule has 3 N–H and O–H groups in total. The van der Waals surface area contributed by atoms with Crippen LogP contribution in [0, 0.1) is 11.3 Å². The van der Waals surface area contributed by atoms with Crippen molar-refractivity contribution < 1.29 is 24.5 Å². The molecule has 0 unspecified atom stereocenters. The van der Waals surface area contributed by atoms with E-state index in [0.717, 1.165) is 86.6 Å². The van der Waals surface area contributed by atoms with Gasteiger partial charge in [-0.2, -0.15) is 0 Å². The fraction of sp³-hybridized carbons (Fsp3) is 0.610. The maximum absolute atomic E-state index is 14.3. The summed E-state index contributed by atoms with van der Waals surface area (Å²) >= 11 is 0. The molecule has 0 radical (unpaired) electrons. The third-order valence-electron chi connectivity index (χ3n) is 12.1. The number of benzene rings is 2. The zero-order valence-corrected chi connectivity index (χ0v) is 29.1. The molecule has 2 bridgehead atoms. The molecule has 1 saturated heterocycles. The van der Waals surface area contributed by atoms with Crippen LogP contribution in [0.15, 0.2) is 60.2 Å². The second-order valence-electron chi connectivity index (χ2n) is 15.5. The Morgan fingerprint density at radius 3 is 2.52 bits per heavy atom. The highest BCUT2D eigenvalue weighted by atomic mass is 16.5. The molecule has 2 aromatic carbocycles. The van der Waals surface area contributed by atoms with Crippen LogP contribution in [0.3, 0.4) is 0 Å². The van der Waals surface area contributed by atoms with Gasteiger partial charge in [-0.3, -0.25) is 4.79 Å². The minimum atomic E-state index is -1.18. The maximum Gasteiger partial charge on any atom is 0.322 e. The van der Waals surface area contributed by atoms with Crippen molar-refractivity contribution in [2.75, 3.05) is 25.0 Å². The van der Waals surface area contributed by atoms with Crippen molar-refractivity contribution in [1.82, 2.24) is 4.90 Å². The van der Waals surface area contributed by atoms with Gasteiger partial charge < -0.3 is 25.2 Å². The monoisotopic (exact) mass is 656 g/mol. The van der Waals surface area contributed by atoms with Crippen molar-refractivity contribution in [2.45, 2.75) is 127 Å². The van der Waals surface area contributed by atoms with Crippen LogP contribution in [-0.2, 0) is 11.2 Å². The summed E-state index contributed by atoms with van der Waals surface area (Å²) in [4.78, 5) is 30.1. The zero-order chi connectivity index (χ0) is 33.7. The Balaban J connectivity index is 1.37. The van der Waals surface area contributed by atoms with Gasteiger partial charge in [0.15, 0.2) is 5.78 Å². The number of fused-ring (bicyclic) bond motifs is 8. The van der Waals surface area contributed by atoms with Crippen LogP contribution in [0.4, 0.5) is 10.5 Å². The number of rotatable bonds is 7. The molecule has 2 aromatic rings. The molecule has 0 spiro atoms. The number of urea groups is 1. The van der Waals surface area contributed by atoms with Gasteiger partial charge in [-0.25, -0.2) is 4.79 Å². The van der Waals surface area contributed by atoms with Gasteiger partial charge in [0.1, 0.15) is 0 Å². The predicted octanol–water partition coefficient (Wildman–Crippen LogP) is 8.20. The van der Waals surface area contributed by atoms with Crippen LogP contribution in [-0.4, -0.2) is 64.4 Å². The van der Waals surface area contributed by atoms with Crippen molar-refractivity contribution in [3.63, 3.8) is 0 Å². The van der Waals surface area contributed by atoms with Gasteiger partial charge in [0, 0.05) is 35.7 Å². The molecule has 5 atom stereocenters. The summed E-state index contributed by atoms with van der Waals surface area (Å²) in [7, 11) is 0. The van der Waals surface area contributed by atoms with E-state index in [9.17, 15) is 19.8 Å². The number of Topliss-reactive ketones (excluding diaryl/α,β-unsaturated/α-hetero) is 1.